The van der Waals surface area contributed by atoms with Gasteiger partial charge in [-0.25, -0.2) is 0 Å². The smallest absolute Gasteiger partial charge is 0.243 e. The van der Waals surface area contributed by atoms with E-state index in [9.17, 15) is 4.79 Å². The Morgan fingerprint density at radius 3 is 2.67 bits per heavy atom. The van der Waals surface area contributed by atoms with Crippen molar-refractivity contribution in [1.82, 2.24) is 5.32 Å². The summed E-state index contributed by atoms with van der Waals surface area (Å²) in [6.45, 7) is 4.89. The number of hydrogen-bond donors (Lipinski definition) is 1. The van der Waals surface area contributed by atoms with E-state index in [1.165, 1.54) is 16.3 Å². The highest BCUT2D eigenvalue weighted by molar-refractivity contribution is 5.87. The van der Waals surface area contributed by atoms with Gasteiger partial charge in [-0.1, -0.05) is 74.5 Å². The fraction of sp³-hybridized carbons (Fsp3) is 0.318. The van der Waals surface area contributed by atoms with E-state index >= 15 is 0 Å². The summed E-state index contributed by atoms with van der Waals surface area (Å²) in [7, 11) is 0. The molecule has 0 atom stereocenters. The number of carbonyl (C=O) groups excluding carboxylic acids is 1. The highest BCUT2D eigenvalue weighted by Crippen LogP contribution is 2.17. The van der Waals surface area contributed by atoms with Gasteiger partial charge in [-0.15, -0.1) is 0 Å². The SMILES string of the molecule is CC(C)CNC(=O)/C=C/C=C/CCCc1ccc2ccccc2c1. The zero-order valence-electron chi connectivity index (χ0n) is 14.7. The van der Waals surface area contributed by atoms with Crippen LogP contribution in [0.1, 0.15) is 32.3 Å². The molecule has 0 fully saturated rings. The molecule has 2 rings (SSSR count). The van der Waals surface area contributed by atoms with Crippen molar-refractivity contribution < 1.29 is 4.79 Å². The predicted molar refractivity (Wildman–Crippen MR) is 103 cm³/mol. The first kappa shape index (κ1) is 18.0. The number of aryl methyl sites for hydroxylation is 1. The standard InChI is InChI=1S/C22H27NO/c1-18(2)17-23-22(24)13-7-5-3-4-6-10-19-14-15-20-11-8-9-12-21(20)16-19/h3,5,7-9,11-16,18H,4,6,10,17H2,1-2H3,(H,23,24)/b5-3+,13-7+. The molecule has 1 amide bonds. The maximum absolute atomic E-state index is 11.5. The van der Waals surface area contributed by atoms with Crippen molar-refractivity contribution in [2.75, 3.05) is 6.54 Å². The van der Waals surface area contributed by atoms with Crippen LogP contribution in [0.25, 0.3) is 10.8 Å². The zero-order valence-corrected chi connectivity index (χ0v) is 14.7. The number of carbonyl (C=O) groups is 1. The van der Waals surface area contributed by atoms with Gasteiger partial charge in [-0.3, -0.25) is 4.79 Å². The Morgan fingerprint density at radius 1 is 1.08 bits per heavy atom. The first-order valence-electron chi connectivity index (χ1n) is 8.74. The fourth-order valence-electron chi connectivity index (χ4n) is 2.50. The van der Waals surface area contributed by atoms with Crippen LogP contribution in [-0.2, 0) is 11.2 Å². The summed E-state index contributed by atoms with van der Waals surface area (Å²) in [5, 5.41) is 5.46. The normalized spacial score (nSPS) is 11.8. The molecule has 0 heterocycles. The van der Waals surface area contributed by atoms with Crippen LogP contribution >= 0.6 is 0 Å². The van der Waals surface area contributed by atoms with Crippen molar-refractivity contribution in [3.05, 3.63) is 72.3 Å². The van der Waals surface area contributed by atoms with E-state index in [4.69, 9.17) is 0 Å². The third kappa shape index (κ3) is 6.41. The molecule has 0 saturated heterocycles. The van der Waals surface area contributed by atoms with Gasteiger partial charge in [-0.2, -0.15) is 0 Å². The first-order valence-corrected chi connectivity index (χ1v) is 8.74. The largest absolute Gasteiger partial charge is 0.352 e. The van der Waals surface area contributed by atoms with E-state index in [2.05, 4.69) is 67.7 Å². The van der Waals surface area contributed by atoms with Crippen LogP contribution in [0.4, 0.5) is 0 Å². The van der Waals surface area contributed by atoms with E-state index in [0.717, 1.165) is 25.8 Å². The molecule has 126 valence electrons. The molecule has 2 nitrogen and oxygen atoms in total. The number of rotatable bonds is 8. The minimum absolute atomic E-state index is 0.0236. The van der Waals surface area contributed by atoms with Crippen LogP contribution in [0.5, 0.6) is 0 Å². The Hall–Kier alpha value is -2.35. The molecule has 0 bridgehead atoms. The van der Waals surface area contributed by atoms with Crippen LogP contribution in [0.2, 0.25) is 0 Å². The summed E-state index contributed by atoms with van der Waals surface area (Å²) < 4.78 is 0. The van der Waals surface area contributed by atoms with E-state index in [0.29, 0.717) is 5.92 Å². The molecule has 24 heavy (non-hydrogen) atoms. The Balaban J connectivity index is 1.69. The van der Waals surface area contributed by atoms with E-state index in [1.807, 2.05) is 12.2 Å². The minimum Gasteiger partial charge on any atom is -0.352 e. The van der Waals surface area contributed by atoms with Crippen molar-refractivity contribution >= 4 is 16.7 Å². The van der Waals surface area contributed by atoms with Gasteiger partial charge in [0.05, 0.1) is 0 Å². The lowest BCUT2D eigenvalue weighted by Gasteiger charge is -2.03. The van der Waals surface area contributed by atoms with Gasteiger partial charge < -0.3 is 5.32 Å². The molecule has 0 aliphatic heterocycles. The number of nitrogens with one attached hydrogen (secondary N) is 1. The molecule has 2 aromatic carbocycles. The van der Waals surface area contributed by atoms with Gasteiger partial charge in [0.25, 0.3) is 0 Å². The van der Waals surface area contributed by atoms with Crippen molar-refractivity contribution in [3.63, 3.8) is 0 Å². The number of unbranched alkanes of at least 4 members (excludes halogenated alkanes) is 1. The van der Waals surface area contributed by atoms with Gasteiger partial charge in [0.2, 0.25) is 5.91 Å². The molecule has 0 aliphatic rings. The Kier molecular flexibility index (Phi) is 7.28. The highest BCUT2D eigenvalue weighted by Gasteiger charge is 1.97. The quantitative estimate of drug-likeness (QED) is 0.411. The number of benzene rings is 2. The van der Waals surface area contributed by atoms with Crippen LogP contribution < -0.4 is 5.32 Å². The maximum Gasteiger partial charge on any atom is 0.243 e. The molecule has 0 saturated carbocycles. The molecule has 0 radical (unpaired) electrons. The summed E-state index contributed by atoms with van der Waals surface area (Å²) in [5.41, 5.74) is 1.38. The fourth-order valence-corrected chi connectivity index (χ4v) is 2.50. The van der Waals surface area contributed by atoms with E-state index in [1.54, 1.807) is 6.08 Å². The highest BCUT2D eigenvalue weighted by atomic mass is 16.1. The number of allylic oxidation sites excluding steroid dienone is 3. The maximum atomic E-state index is 11.5. The summed E-state index contributed by atoms with van der Waals surface area (Å²) in [4.78, 5) is 11.5. The molecule has 0 unspecified atom stereocenters. The third-order valence-corrected chi connectivity index (χ3v) is 3.83. The van der Waals surface area contributed by atoms with Crippen LogP contribution in [0, 0.1) is 5.92 Å². The molecular weight excluding hydrogens is 294 g/mol. The van der Waals surface area contributed by atoms with E-state index < -0.39 is 0 Å². The van der Waals surface area contributed by atoms with Crippen LogP contribution in [0.3, 0.4) is 0 Å². The lowest BCUT2D eigenvalue weighted by Crippen LogP contribution is -2.25. The molecule has 1 N–H and O–H groups in total. The van der Waals surface area contributed by atoms with Crippen LogP contribution in [0.15, 0.2) is 66.8 Å². The number of fused-ring (bicyclic) bond motifs is 1. The second-order valence-corrected chi connectivity index (χ2v) is 6.50. The second-order valence-electron chi connectivity index (χ2n) is 6.50. The summed E-state index contributed by atoms with van der Waals surface area (Å²) in [6.07, 6.45) is 10.7. The van der Waals surface area contributed by atoms with E-state index in [-0.39, 0.29) is 5.91 Å². The van der Waals surface area contributed by atoms with Crippen LogP contribution in [-0.4, -0.2) is 12.5 Å². The summed E-state index contributed by atoms with van der Waals surface area (Å²) in [5.74, 6) is 0.456. The number of hydrogen-bond acceptors (Lipinski definition) is 1. The van der Waals surface area contributed by atoms with Crippen molar-refractivity contribution in [2.24, 2.45) is 5.92 Å². The lowest BCUT2D eigenvalue weighted by molar-refractivity contribution is -0.116. The molecular formula is C22H27NO. The summed E-state index contributed by atoms with van der Waals surface area (Å²) in [6, 6.07) is 15.1. The first-order chi connectivity index (χ1) is 11.6. The van der Waals surface area contributed by atoms with Gasteiger partial charge in [0, 0.05) is 12.6 Å². The average Bonchev–Trinajstić information content (AvgIpc) is 2.59. The predicted octanol–water partition coefficient (Wildman–Crippen LogP) is 5.05. The average molecular weight is 321 g/mol. The third-order valence-electron chi connectivity index (χ3n) is 3.83. The molecule has 0 aromatic heterocycles. The lowest BCUT2D eigenvalue weighted by atomic mass is 10.0. The molecule has 0 spiro atoms. The second kappa shape index (κ2) is 9.71. The van der Waals surface area contributed by atoms with Gasteiger partial charge in [0.1, 0.15) is 0 Å². The Labute approximate surface area is 145 Å². The van der Waals surface area contributed by atoms with Gasteiger partial charge in [-0.05, 0) is 41.5 Å². The minimum atomic E-state index is -0.0236. The molecule has 0 aliphatic carbocycles. The zero-order chi connectivity index (χ0) is 17.2. The van der Waals surface area contributed by atoms with Gasteiger partial charge in [0.15, 0.2) is 0 Å². The summed E-state index contributed by atoms with van der Waals surface area (Å²) >= 11 is 0. The Morgan fingerprint density at radius 2 is 1.88 bits per heavy atom. The topological polar surface area (TPSA) is 29.1 Å². The van der Waals surface area contributed by atoms with Crippen molar-refractivity contribution in [3.8, 4) is 0 Å². The number of amides is 1. The molecule has 2 heteroatoms. The van der Waals surface area contributed by atoms with Gasteiger partial charge >= 0.3 is 0 Å². The molecule has 2 aromatic rings. The van der Waals surface area contributed by atoms with Crippen molar-refractivity contribution in [2.45, 2.75) is 33.1 Å². The Bertz CT molecular complexity index is 713. The van der Waals surface area contributed by atoms with Crippen molar-refractivity contribution in [1.29, 1.82) is 0 Å². The monoisotopic (exact) mass is 321 g/mol.